The van der Waals surface area contributed by atoms with Crippen molar-refractivity contribution in [1.29, 1.82) is 0 Å². The van der Waals surface area contributed by atoms with Crippen LogP contribution in [0.3, 0.4) is 0 Å². The van der Waals surface area contributed by atoms with E-state index in [1.54, 1.807) is 24.3 Å². The molecule has 0 saturated heterocycles. The molecule has 1 heterocycles. The van der Waals surface area contributed by atoms with Gasteiger partial charge in [-0.1, -0.05) is 11.6 Å². The number of nitrogens with two attached hydrogens (primary N) is 1. The fraction of sp³-hybridized carbons (Fsp3) is 0.0714. The van der Waals surface area contributed by atoms with Gasteiger partial charge in [0.1, 0.15) is 5.52 Å². The van der Waals surface area contributed by atoms with Crippen molar-refractivity contribution in [2.45, 2.75) is 4.90 Å². The summed E-state index contributed by atoms with van der Waals surface area (Å²) in [6.07, 6.45) is 1.15. The summed E-state index contributed by atoms with van der Waals surface area (Å²) in [7, 11) is -3.28. The number of hydrogen-bond acceptors (Lipinski definition) is 5. The summed E-state index contributed by atoms with van der Waals surface area (Å²) in [4.78, 5) is 4.50. The lowest BCUT2D eigenvalue weighted by molar-refractivity contribution is 0.602. The van der Waals surface area contributed by atoms with Crippen LogP contribution in [-0.2, 0) is 9.84 Å². The summed E-state index contributed by atoms with van der Waals surface area (Å²) in [5.74, 6) is 0.359. The second-order valence-electron chi connectivity index (χ2n) is 4.66. The van der Waals surface area contributed by atoms with Crippen LogP contribution in [0, 0.1) is 0 Å². The molecule has 5 nitrogen and oxygen atoms in total. The quantitative estimate of drug-likeness (QED) is 0.732. The zero-order valence-corrected chi connectivity index (χ0v) is 12.6. The Kier molecular flexibility index (Phi) is 3.15. The summed E-state index contributed by atoms with van der Waals surface area (Å²) in [6, 6.07) is 9.61. The molecule has 3 aromatic rings. The van der Waals surface area contributed by atoms with Crippen LogP contribution in [0.1, 0.15) is 0 Å². The maximum absolute atomic E-state index is 11.5. The molecule has 0 unspecified atom stereocenters. The average molecular weight is 323 g/mol. The van der Waals surface area contributed by atoms with Crippen LogP contribution in [-0.4, -0.2) is 19.7 Å². The maximum atomic E-state index is 11.5. The summed E-state index contributed by atoms with van der Waals surface area (Å²) in [5.41, 5.74) is 7.78. The van der Waals surface area contributed by atoms with E-state index in [0.717, 1.165) is 6.26 Å². The van der Waals surface area contributed by atoms with Gasteiger partial charge < -0.3 is 10.2 Å². The van der Waals surface area contributed by atoms with E-state index in [2.05, 4.69) is 4.98 Å². The largest absolute Gasteiger partial charge is 0.436 e. The van der Waals surface area contributed by atoms with Crippen LogP contribution in [0.5, 0.6) is 0 Å². The minimum Gasteiger partial charge on any atom is -0.436 e. The number of nitrogen functional groups attached to an aromatic ring is 1. The summed E-state index contributed by atoms with van der Waals surface area (Å²) < 4.78 is 28.7. The van der Waals surface area contributed by atoms with Crippen LogP contribution in [0.25, 0.3) is 22.6 Å². The number of benzene rings is 2. The van der Waals surface area contributed by atoms with Gasteiger partial charge in [0, 0.05) is 11.8 Å². The second-order valence-corrected chi connectivity index (χ2v) is 7.08. The molecular formula is C14H11ClN2O3S. The molecule has 21 heavy (non-hydrogen) atoms. The van der Waals surface area contributed by atoms with Crippen LogP contribution in [0.15, 0.2) is 45.7 Å². The van der Waals surface area contributed by atoms with Crippen molar-refractivity contribution in [1.82, 2.24) is 4.98 Å². The number of fused-ring (bicyclic) bond motifs is 1. The number of hydrogen-bond donors (Lipinski definition) is 1. The zero-order chi connectivity index (χ0) is 15.2. The van der Waals surface area contributed by atoms with Crippen molar-refractivity contribution in [2.24, 2.45) is 0 Å². The average Bonchev–Trinajstić information content (AvgIpc) is 2.83. The fourth-order valence-corrected chi connectivity index (χ4v) is 2.74. The highest BCUT2D eigenvalue weighted by Crippen LogP contribution is 2.29. The standard InChI is InChI=1S/C14H11ClN2O3S/c1-21(18,19)9-3-5-13-12(7-9)17-14(20-13)8-2-4-11(16)10(15)6-8/h2-7H,16H2,1H3. The molecule has 0 aliphatic rings. The third-order valence-electron chi connectivity index (χ3n) is 3.03. The molecule has 3 rings (SSSR count). The third kappa shape index (κ3) is 2.59. The Bertz CT molecular complexity index is 948. The fourth-order valence-electron chi connectivity index (χ4n) is 1.92. The van der Waals surface area contributed by atoms with Crippen molar-refractivity contribution in [3.63, 3.8) is 0 Å². The molecule has 2 N–H and O–H groups in total. The monoisotopic (exact) mass is 322 g/mol. The first-order valence-electron chi connectivity index (χ1n) is 6.00. The van der Waals surface area contributed by atoms with Crippen molar-refractivity contribution >= 4 is 38.2 Å². The van der Waals surface area contributed by atoms with E-state index in [4.69, 9.17) is 21.8 Å². The maximum Gasteiger partial charge on any atom is 0.227 e. The lowest BCUT2D eigenvalue weighted by Crippen LogP contribution is -1.95. The Morgan fingerprint density at radius 1 is 1.19 bits per heavy atom. The van der Waals surface area contributed by atoms with Crippen LogP contribution < -0.4 is 5.73 Å². The van der Waals surface area contributed by atoms with Gasteiger partial charge in [0.15, 0.2) is 15.4 Å². The van der Waals surface area contributed by atoms with Gasteiger partial charge in [0.25, 0.3) is 0 Å². The number of sulfone groups is 1. The highest BCUT2D eigenvalue weighted by atomic mass is 35.5. The lowest BCUT2D eigenvalue weighted by Gasteiger charge is -1.99. The molecule has 2 aromatic carbocycles. The predicted molar refractivity (Wildman–Crippen MR) is 82.0 cm³/mol. The van der Waals surface area contributed by atoms with Crippen LogP contribution >= 0.6 is 11.6 Å². The highest BCUT2D eigenvalue weighted by molar-refractivity contribution is 7.90. The van der Waals surface area contributed by atoms with Crippen molar-refractivity contribution < 1.29 is 12.8 Å². The first-order valence-corrected chi connectivity index (χ1v) is 8.27. The van der Waals surface area contributed by atoms with Crippen LogP contribution in [0.4, 0.5) is 5.69 Å². The van der Waals surface area contributed by atoms with E-state index >= 15 is 0 Å². The topological polar surface area (TPSA) is 86.2 Å². The number of halogens is 1. The number of oxazole rings is 1. The number of anilines is 1. The lowest BCUT2D eigenvalue weighted by atomic mass is 10.2. The first-order chi connectivity index (χ1) is 9.84. The molecule has 7 heteroatoms. The molecule has 0 aliphatic carbocycles. The van der Waals surface area contributed by atoms with Gasteiger partial charge in [0.2, 0.25) is 5.89 Å². The van der Waals surface area contributed by atoms with E-state index in [0.29, 0.717) is 33.3 Å². The SMILES string of the molecule is CS(=O)(=O)c1ccc2oc(-c3ccc(N)c(Cl)c3)nc2c1. The molecule has 108 valence electrons. The minimum atomic E-state index is -3.28. The van der Waals surface area contributed by atoms with E-state index in [1.165, 1.54) is 12.1 Å². The van der Waals surface area contributed by atoms with Gasteiger partial charge in [0.05, 0.1) is 15.6 Å². The minimum absolute atomic E-state index is 0.199. The Labute approximate surface area is 126 Å². The molecule has 1 aromatic heterocycles. The van der Waals surface area contributed by atoms with Gasteiger partial charge in [-0.3, -0.25) is 0 Å². The highest BCUT2D eigenvalue weighted by Gasteiger charge is 2.13. The summed E-state index contributed by atoms with van der Waals surface area (Å²) in [6.45, 7) is 0. The van der Waals surface area contributed by atoms with Crippen molar-refractivity contribution in [3.8, 4) is 11.5 Å². The molecule has 0 spiro atoms. The Hall–Kier alpha value is -2.05. The molecule has 0 saturated carbocycles. The van der Waals surface area contributed by atoms with Crippen molar-refractivity contribution in [3.05, 3.63) is 41.4 Å². The number of aromatic nitrogens is 1. The molecule has 0 bridgehead atoms. The third-order valence-corrected chi connectivity index (χ3v) is 4.47. The second kappa shape index (κ2) is 4.75. The molecule has 0 atom stereocenters. The Morgan fingerprint density at radius 2 is 1.95 bits per heavy atom. The molecule has 0 aliphatic heterocycles. The van der Waals surface area contributed by atoms with Crippen LogP contribution in [0.2, 0.25) is 5.02 Å². The van der Waals surface area contributed by atoms with Gasteiger partial charge >= 0.3 is 0 Å². The van der Waals surface area contributed by atoms with Gasteiger partial charge in [-0.2, -0.15) is 0 Å². The van der Waals surface area contributed by atoms with E-state index < -0.39 is 9.84 Å². The van der Waals surface area contributed by atoms with Gasteiger partial charge in [-0.05, 0) is 36.4 Å². The first kappa shape index (κ1) is 13.9. The normalized spacial score (nSPS) is 11.9. The zero-order valence-electron chi connectivity index (χ0n) is 11.0. The Morgan fingerprint density at radius 3 is 2.62 bits per heavy atom. The molecule has 0 fully saturated rings. The molecule has 0 radical (unpaired) electrons. The Balaban J connectivity index is 2.14. The van der Waals surface area contributed by atoms with E-state index in [9.17, 15) is 8.42 Å². The van der Waals surface area contributed by atoms with Crippen molar-refractivity contribution in [2.75, 3.05) is 12.0 Å². The van der Waals surface area contributed by atoms with E-state index in [1.807, 2.05) is 0 Å². The smallest absolute Gasteiger partial charge is 0.227 e. The number of nitrogens with zero attached hydrogens (tertiary/aromatic N) is 1. The summed E-state index contributed by atoms with van der Waals surface area (Å²) >= 11 is 5.97. The summed E-state index contributed by atoms with van der Waals surface area (Å²) in [5, 5.41) is 0.409. The predicted octanol–water partition coefficient (Wildman–Crippen LogP) is 3.13. The number of rotatable bonds is 2. The van der Waals surface area contributed by atoms with E-state index in [-0.39, 0.29) is 4.90 Å². The molecule has 0 amide bonds. The van der Waals surface area contributed by atoms with Gasteiger partial charge in [-0.25, -0.2) is 13.4 Å². The van der Waals surface area contributed by atoms with Gasteiger partial charge in [-0.15, -0.1) is 0 Å². The molecular weight excluding hydrogens is 312 g/mol.